The molecule has 0 fully saturated rings. The predicted octanol–water partition coefficient (Wildman–Crippen LogP) is 3.73. The molecule has 0 unspecified atom stereocenters. The van der Waals surface area contributed by atoms with Crippen LogP contribution in [0.15, 0.2) is 42.5 Å². The van der Waals surface area contributed by atoms with Gasteiger partial charge in [-0.1, -0.05) is 19.9 Å². The van der Waals surface area contributed by atoms with Gasteiger partial charge >= 0.3 is 0 Å². The summed E-state index contributed by atoms with van der Waals surface area (Å²) in [7, 11) is 0. The number of nitrogens with one attached hydrogen (secondary N) is 1. The van der Waals surface area contributed by atoms with Crippen LogP contribution < -0.4 is 25.3 Å². The Balaban J connectivity index is 1.49. The molecule has 1 aliphatic rings. The molecule has 3 aromatic rings. The number of pyridine rings is 1. The van der Waals surface area contributed by atoms with Crippen molar-refractivity contribution in [2.24, 2.45) is 5.92 Å². The molecule has 1 atom stereocenters. The Morgan fingerprint density at radius 2 is 1.94 bits per heavy atom. The summed E-state index contributed by atoms with van der Waals surface area (Å²) in [4.78, 5) is 17.4. The second kappa shape index (κ2) is 8.71. The maximum absolute atomic E-state index is 12.9. The number of hydrogen-bond acceptors (Lipinski definition) is 6. The summed E-state index contributed by atoms with van der Waals surface area (Å²) in [5.41, 5.74) is 9.01. The van der Waals surface area contributed by atoms with Gasteiger partial charge in [-0.3, -0.25) is 9.78 Å². The van der Waals surface area contributed by atoms with Crippen molar-refractivity contribution in [3.8, 4) is 17.2 Å². The third-order valence-corrected chi connectivity index (χ3v) is 5.30. The summed E-state index contributed by atoms with van der Waals surface area (Å²) in [5, 5.41) is 3.86. The molecule has 4 rings (SSSR count). The van der Waals surface area contributed by atoms with E-state index in [9.17, 15) is 4.79 Å². The van der Waals surface area contributed by atoms with Crippen LogP contribution >= 0.6 is 0 Å². The standard InChI is InChI=1S/C24H27N3O4/c1-14(2)19(27-24(28)16-7-8-20-22(12-16)30-10-9-29-20)13-31-21-6-4-5-18-23(21)17(25)11-15(3)26-18/h4-8,11-12,14,19H,9-10,13H2,1-3H3,(H2,25,26)(H,27,28)/t19-/m1/s1. The second-order valence-electron chi connectivity index (χ2n) is 8.00. The Morgan fingerprint density at radius 3 is 2.71 bits per heavy atom. The lowest BCUT2D eigenvalue weighted by Crippen LogP contribution is -2.42. The van der Waals surface area contributed by atoms with Crippen LogP contribution in [0.3, 0.4) is 0 Å². The normalized spacial score (nSPS) is 13.8. The van der Waals surface area contributed by atoms with E-state index >= 15 is 0 Å². The van der Waals surface area contributed by atoms with Gasteiger partial charge in [0.15, 0.2) is 11.5 Å². The van der Waals surface area contributed by atoms with Crippen LogP contribution in [0.25, 0.3) is 10.9 Å². The number of fused-ring (bicyclic) bond motifs is 2. The fourth-order valence-electron chi connectivity index (χ4n) is 3.56. The van der Waals surface area contributed by atoms with Gasteiger partial charge in [0.2, 0.25) is 0 Å². The monoisotopic (exact) mass is 421 g/mol. The van der Waals surface area contributed by atoms with Crippen LogP contribution in [0.1, 0.15) is 29.9 Å². The fourth-order valence-corrected chi connectivity index (χ4v) is 3.56. The zero-order valence-electron chi connectivity index (χ0n) is 18.0. The van der Waals surface area contributed by atoms with Crippen molar-refractivity contribution in [2.75, 3.05) is 25.6 Å². The Morgan fingerprint density at radius 1 is 1.16 bits per heavy atom. The minimum atomic E-state index is -0.199. The molecule has 7 heteroatoms. The van der Waals surface area contributed by atoms with Gasteiger partial charge in [-0.05, 0) is 49.2 Å². The van der Waals surface area contributed by atoms with E-state index in [-0.39, 0.29) is 17.9 Å². The highest BCUT2D eigenvalue weighted by Gasteiger charge is 2.21. The Kier molecular flexibility index (Phi) is 5.84. The third-order valence-electron chi connectivity index (χ3n) is 5.30. The van der Waals surface area contributed by atoms with E-state index in [1.54, 1.807) is 18.2 Å². The first-order valence-electron chi connectivity index (χ1n) is 10.4. The summed E-state index contributed by atoms with van der Waals surface area (Å²) in [6.45, 7) is 7.29. The van der Waals surface area contributed by atoms with Gasteiger partial charge in [-0.25, -0.2) is 0 Å². The van der Waals surface area contributed by atoms with E-state index in [0.717, 1.165) is 16.6 Å². The number of rotatable bonds is 6. The lowest BCUT2D eigenvalue weighted by atomic mass is 10.0. The Bertz CT molecular complexity index is 1110. The van der Waals surface area contributed by atoms with Gasteiger partial charge in [0.1, 0.15) is 25.6 Å². The van der Waals surface area contributed by atoms with Crippen LogP contribution in [-0.2, 0) is 0 Å². The summed E-state index contributed by atoms with van der Waals surface area (Å²) >= 11 is 0. The zero-order valence-corrected chi connectivity index (χ0v) is 18.0. The maximum atomic E-state index is 12.9. The molecule has 3 N–H and O–H groups in total. The number of nitrogen functional groups attached to an aromatic ring is 1. The van der Waals surface area contributed by atoms with Gasteiger partial charge in [0.25, 0.3) is 5.91 Å². The van der Waals surface area contributed by atoms with Crippen LogP contribution in [0.5, 0.6) is 17.2 Å². The average Bonchev–Trinajstić information content (AvgIpc) is 2.75. The highest BCUT2D eigenvalue weighted by atomic mass is 16.6. The van der Waals surface area contributed by atoms with E-state index < -0.39 is 0 Å². The number of aromatic nitrogens is 1. The zero-order chi connectivity index (χ0) is 22.0. The van der Waals surface area contributed by atoms with Crippen LogP contribution in [0.4, 0.5) is 5.69 Å². The molecule has 0 saturated carbocycles. The highest BCUT2D eigenvalue weighted by Crippen LogP contribution is 2.32. The maximum Gasteiger partial charge on any atom is 0.251 e. The first-order valence-corrected chi connectivity index (χ1v) is 10.4. The molecule has 31 heavy (non-hydrogen) atoms. The molecule has 0 spiro atoms. The molecule has 2 aromatic carbocycles. The van der Waals surface area contributed by atoms with E-state index in [2.05, 4.69) is 10.3 Å². The first-order chi connectivity index (χ1) is 14.9. The number of nitrogens with zero attached hydrogens (tertiary/aromatic N) is 1. The molecular weight excluding hydrogens is 394 g/mol. The lowest BCUT2D eigenvalue weighted by molar-refractivity contribution is 0.0903. The van der Waals surface area contributed by atoms with Gasteiger partial charge in [-0.15, -0.1) is 0 Å². The van der Waals surface area contributed by atoms with E-state index in [4.69, 9.17) is 19.9 Å². The number of carbonyl (C=O) groups is 1. The smallest absolute Gasteiger partial charge is 0.251 e. The van der Waals surface area contributed by atoms with Gasteiger partial charge in [-0.2, -0.15) is 0 Å². The number of amides is 1. The van der Waals surface area contributed by atoms with E-state index in [1.165, 1.54) is 0 Å². The van der Waals surface area contributed by atoms with Crippen molar-refractivity contribution in [3.05, 3.63) is 53.7 Å². The molecule has 1 aromatic heterocycles. The summed E-state index contributed by atoms with van der Waals surface area (Å²) in [6, 6.07) is 12.5. The van der Waals surface area contributed by atoms with Gasteiger partial charge in [0, 0.05) is 16.9 Å². The highest BCUT2D eigenvalue weighted by molar-refractivity contribution is 5.96. The number of anilines is 1. The second-order valence-corrected chi connectivity index (χ2v) is 8.00. The van der Waals surface area contributed by atoms with Crippen molar-refractivity contribution < 1.29 is 19.0 Å². The predicted molar refractivity (Wildman–Crippen MR) is 120 cm³/mol. The Hall–Kier alpha value is -3.48. The molecule has 0 bridgehead atoms. The van der Waals surface area contributed by atoms with E-state index in [0.29, 0.717) is 48.3 Å². The van der Waals surface area contributed by atoms with Crippen molar-refractivity contribution in [1.29, 1.82) is 0 Å². The van der Waals surface area contributed by atoms with Crippen molar-refractivity contribution >= 4 is 22.5 Å². The summed E-state index contributed by atoms with van der Waals surface area (Å²) < 4.78 is 17.2. The summed E-state index contributed by atoms with van der Waals surface area (Å²) in [5.74, 6) is 1.87. The van der Waals surface area contributed by atoms with Crippen LogP contribution in [-0.4, -0.2) is 36.8 Å². The quantitative estimate of drug-likeness (QED) is 0.630. The molecule has 162 valence electrons. The number of aryl methyl sites for hydroxylation is 1. The number of nitrogens with two attached hydrogens (primary N) is 1. The topological polar surface area (TPSA) is 95.7 Å². The molecule has 1 amide bonds. The number of ether oxygens (including phenoxy) is 3. The molecule has 1 aliphatic heterocycles. The summed E-state index contributed by atoms with van der Waals surface area (Å²) in [6.07, 6.45) is 0. The number of hydrogen-bond donors (Lipinski definition) is 2. The van der Waals surface area contributed by atoms with Crippen molar-refractivity contribution in [1.82, 2.24) is 10.3 Å². The molecular formula is C24H27N3O4. The van der Waals surface area contributed by atoms with Gasteiger partial charge < -0.3 is 25.3 Å². The molecule has 0 aliphatic carbocycles. The largest absolute Gasteiger partial charge is 0.491 e. The van der Waals surface area contributed by atoms with Crippen LogP contribution in [0.2, 0.25) is 0 Å². The average molecular weight is 421 g/mol. The molecule has 7 nitrogen and oxygen atoms in total. The fraction of sp³-hybridized carbons (Fsp3) is 0.333. The number of carbonyl (C=O) groups excluding carboxylic acids is 1. The minimum absolute atomic E-state index is 0.161. The van der Waals surface area contributed by atoms with Crippen molar-refractivity contribution in [3.63, 3.8) is 0 Å². The van der Waals surface area contributed by atoms with E-state index in [1.807, 2.05) is 45.0 Å². The lowest BCUT2D eigenvalue weighted by Gasteiger charge is -2.24. The molecule has 0 radical (unpaired) electrons. The van der Waals surface area contributed by atoms with Crippen LogP contribution in [0, 0.1) is 12.8 Å². The SMILES string of the molecule is Cc1cc(N)c2c(OC[C@@H](NC(=O)c3ccc4c(c3)OCCO4)C(C)C)cccc2n1. The molecule has 2 heterocycles. The van der Waals surface area contributed by atoms with Crippen molar-refractivity contribution in [2.45, 2.75) is 26.8 Å². The van der Waals surface area contributed by atoms with Gasteiger partial charge in [0.05, 0.1) is 16.9 Å². The Labute approximate surface area is 181 Å². The molecule has 0 saturated heterocycles. The minimum Gasteiger partial charge on any atom is -0.491 e. The first kappa shape index (κ1) is 20.8. The number of benzene rings is 2. The third kappa shape index (κ3) is 4.50.